The van der Waals surface area contributed by atoms with E-state index in [-0.39, 0.29) is 170 Å². The number of hydroxylamine groups is 2. The topological polar surface area (TPSA) is 439 Å². The van der Waals surface area contributed by atoms with Gasteiger partial charge in [-0.25, -0.2) is 46.9 Å². The zero-order valence-electron chi connectivity index (χ0n) is 54.7. The summed E-state index contributed by atoms with van der Waals surface area (Å²) in [6.45, 7) is 5.98. The van der Waals surface area contributed by atoms with E-state index in [2.05, 4.69) is 0 Å². The minimum Gasteiger partial charge on any atom is -0.748 e. The van der Waals surface area contributed by atoms with Crippen LogP contribution in [0, 0.1) is 0 Å². The number of allylic oxidation sites excluding steroid dienone is 8. The molecule has 2 amide bonds. The van der Waals surface area contributed by atoms with Crippen LogP contribution < -0.4 is 4.90 Å². The normalized spacial score (nSPS) is 18.3. The number of imide groups is 1. The van der Waals surface area contributed by atoms with Gasteiger partial charge in [0.1, 0.15) is 47.1 Å². The molecule has 0 saturated carbocycles. The Balaban J connectivity index is 1.18. The summed E-state index contributed by atoms with van der Waals surface area (Å²) in [4.78, 5) is 38.4. The molecule has 0 bridgehead atoms. The first kappa shape index (κ1) is 79.9. The van der Waals surface area contributed by atoms with Crippen molar-refractivity contribution in [1.29, 1.82) is 0 Å². The number of nitrogens with zero attached hydrogens (tertiary/aromatic N) is 3. The highest BCUT2D eigenvalue weighted by molar-refractivity contribution is 7.87. The monoisotopic (exact) mass is 1480 g/mol. The second kappa shape index (κ2) is 35.5. The van der Waals surface area contributed by atoms with Crippen molar-refractivity contribution in [3.8, 4) is 0 Å². The molecule has 4 aromatic rings. The number of carbonyl (C=O) groups is 3. The number of amides is 2. The van der Waals surface area contributed by atoms with Gasteiger partial charge in [-0.2, -0.15) is 4.58 Å². The summed E-state index contributed by atoms with van der Waals surface area (Å²) in [6.07, 6.45) is 10.9. The number of hydrogen-bond acceptors (Lipinski definition) is 29. The largest absolute Gasteiger partial charge is 0.748 e. The van der Waals surface area contributed by atoms with E-state index in [1.807, 2.05) is 4.58 Å². The van der Waals surface area contributed by atoms with Crippen molar-refractivity contribution in [2.45, 2.75) is 82.8 Å². The smallest absolute Gasteiger partial charge is 0.335 e. The van der Waals surface area contributed by atoms with Crippen molar-refractivity contribution in [3.63, 3.8) is 0 Å². The number of rotatable bonds is 43. The Bertz CT molecular complexity index is 4330. The maximum absolute atomic E-state index is 12.9. The lowest BCUT2D eigenvalue weighted by atomic mass is 9.75. The summed E-state index contributed by atoms with van der Waals surface area (Å²) >= 11 is 0. The molecule has 2 atom stereocenters. The van der Waals surface area contributed by atoms with Crippen LogP contribution in [0.1, 0.15) is 63.5 Å². The highest BCUT2D eigenvalue weighted by atomic mass is 32.2. The molecule has 4 aromatic carbocycles. The van der Waals surface area contributed by atoms with E-state index in [9.17, 15) is 79.2 Å². The van der Waals surface area contributed by atoms with Crippen LogP contribution in [-0.4, -0.2) is 237 Å². The van der Waals surface area contributed by atoms with Crippen LogP contribution in [0.5, 0.6) is 0 Å². The first-order chi connectivity index (χ1) is 46.8. The molecule has 1 saturated heterocycles. The Morgan fingerprint density at radius 3 is 1.58 bits per heavy atom. The highest BCUT2D eigenvalue weighted by Crippen LogP contribution is 2.55. The number of benzene rings is 4. The molecule has 31 nitrogen and oxygen atoms in total. The van der Waals surface area contributed by atoms with Gasteiger partial charge in [0, 0.05) is 85.9 Å². The lowest BCUT2D eigenvalue weighted by Gasteiger charge is -2.31. The van der Waals surface area contributed by atoms with E-state index in [0.717, 1.165) is 30.3 Å². The fraction of sp³-hybridized carbons (Fsp3) is 0.492. The van der Waals surface area contributed by atoms with Crippen LogP contribution >= 0.6 is 0 Å². The third kappa shape index (κ3) is 21.4. The van der Waals surface area contributed by atoms with Crippen LogP contribution in [0.15, 0.2) is 116 Å². The molecule has 7 rings (SSSR count). The molecule has 2 unspecified atom stereocenters. The fourth-order valence-electron chi connectivity index (χ4n) is 11.8. The zero-order valence-corrected chi connectivity index (χ0v) is 58.7. The van der Waals surface area contributed by atoms with Gasteiger partial charge >= 0.3 is 5.97 Å². The summed E-state index contributed by atoms with van der Waals surface area (Å²) in [6, 6.07) is 8.43. The predicted octanol–water partition coefficient (Wildman–Crippen LogP) is 3.42. The van der Waals surface area contributed by atoms with Crippen molar-refractivity contribution in [1.82, 2.24) is 5.06 Å². The number of anilines is 1. The number of carbonyl (C=O) groups excluding carboxylic acids is 3. The maximum Gasteiger partial charge on any atom is 0.335 e. The van der Waals surface area contributed by atoms with Crippen LogP contribution in [0.3, 0.4) is 0 Å². The number of ether oxygens (including phenoxy) is 9. The maximum atomic E-state index is 12.9. The zero-order chi connectivity index (χ0) is 72.4. The van der Waals surface area contributed by atoms with Gasteiger partial charge in [-0.3, -0.25) is 9.59 Å². The average Bonchev–Trinajstić information content (AvgIpc) is 1.60. The summed E-state index contributed by atoms with van der Waals surface area (Å²) in [5.41, 5.74) is -0.619. The lowest BCUT2D eigenvalue weighted by Crippen LogP contribution is -2.33. The van der Waals surface area contributed by atoms with Gasteiger partial charge in [-0.15, -0.1) is 5.06 Å². The van der Waals surface area contributed by atoms with Crippen molar-refractivity contribution in [2.75, 3.05) is 144 Å². The van der Waals surface area contributed by atoms with Crippen molar-refractivity contribution < 1.29 is 131 Å². The molecule has 1 fully saturated rings. The van der Waals surface area contributed by atoms with Crippen LogP contribution in [-0.2, 0) is 123 Å². The van der Waals surface area contributed by atoms with E-state index in [0.29, 0.717) is 53.6 Å². The van der Waals surface area contributed by atoms with Gasteiger partial charge in [0.05, 0.1) is 134 Å². The van der Waals surface area contributed by atoms with Crippen LogP contribution in [0.2, 0.25) is 0 Å². The number of methoxy groups -OCH3 is 2. The minimum absolute atomic E-state index is 0.00153. The number of fused-ring (bicyclic) bond motifs is 6. The van der Waals surface area contributed by atoms with E-state index in [4.69, 9.17) is 47.5 Å². The van der Waals surface area contributed by atoms with Gasteiger partial charge in [0.15, 0.2) is 12.3 Å². The second-order valence-corrected chi connectivity index (χ2v) is 30.0. The van der Waals surface area contributed by atoms with Crippen LogP contribution in [0.25, 0.3) is 21.5 Å². The molecule has 0 spiro atoms. The summed E-state index contributed by atoms with van der Waals surface area (Å²) < 4.78 is 241. The Morgan fingerprint density at radius 2 is 1.02 bits per heavy atom. The standard InChI is InChI=1S/C63H81N3O28S5/c1-62(20-10-40-95(70,71)72)55(65(22-26-85-3)52-44-54(99(82,83)84)47-14-13-45(96(73,74)75)41-49(47)61(52)62)11-8-6-5-7-9-12-56-63(2,21-25-88-31-34-92-37-36-90-29-28-86-4)60-50-42-46(97(76,77)78)43-53(98(79,80)81)48(50)15-16-51(60)64(56)23-27-89-32-35-93-39-38-91-33-30-87-24-19-59(69)94-66-57(67)17-18-58(66)68/h5-9,11-16,41-44H,10,17-40H2,1-4H3,(H4-,70,71,72,73,74,75,76,77,78,79,80,81,82,83,84)/p-4. The average molecular weight is 1480 g/mol. The first-order valence-electron chi connectivity index (χ1n) is 31.0. The van der Waals surface area contributed by atoms with E-state index in [1.165, 1.54) is 13.2 Å². The van der Waals surface area contributed by atoms with Gasteiger partial charge in [0.2, 0.25) is 5.69 Å². The van der Waals surface area contributed by atoms with E-state index < -0.39 is 105 Å². The Hall–Kier alpha value is -6.37. The molecule has 0 aliphatic carbocycles. The Morgan fingerprint density at radius 1 is 0.525 bits per heavy atom. The van der Waals surface area contributed by atoms with Gasteiger partial charge in [-0.05, 0) is 97.3 Å². The van der Waals surface area contributed by atoms with E-state index >= 15 is 0 Å². The molecule has 99 heavy (non-hydrogen) atoms. The molecular weight excluding hydrogens is 1410 g/mol. The summed E-state index contributed by atoms with van der Waals surface area (Å²) in [5.74, 6) is -2.81. The summed E-state index contributed by atoms with van der Waals surface area (Å²) in [5, 5.41) is -0.0498. The first-order valence-corrected chi connectivity index (χ1v) is 38.2. The SMILES string of the molecule is COCCOCCOCCOCCC1(C)C(/C=C/C=C/C=C/C=C2/N(CCOC)c3cc(S(=O)(=O)[O-])c4ccc(S(=O)(=O)[O-])cc4c3C2(C)CCCS(=O)(=O)[O-])=[N+](CCOCCOCCOCCOCCC(=O)ON2C(=O)CCC2=O)c2ccc3c(S(=O)(=O)[O-])cc(S(=O)(=O)[O-])cc3c21. The minimum atomic E-state index is -5.41. The van der Waals surface area contributed by atoms with Gasteiger partial charge in [0.25, 0.3) is 11.8 Å². The molecule has 546 valence electrons. The molecular formula is C63H77N3O28S5-4. The quantitative estimate of drug-likeness (QED) is 0.0201. The molecule has 3 heterocycles. The molecule has 3 aliphatic rings. The third-order valence-electron chi connectivity index (χ3n) is 16.3. The molecule has 3 aliphatic heterocycles. The van der Waals surface area contributed by atoms with E-state index in [1.54, 1.807) is 74.5 Å². The van der Waals surface area contributed by atoms with Gasteiger partial charge < -0.3 is 75.1 Å². The third-order valence-corrected chi connectivity index (χ3v) is 20.5. The van der Waals surface area contributed by atoms with Crippen molar-refractivity contribution >= 4 is 107 Å². The molecule has 36 heteroatoms. The second-order valence-electron chi connectivity index (χ2n) is 23.0. The number of hydrogen-bond donors (Lipinski definition) is 0. The fourth-order valence-corrected chi connectivity index (χ4v) is 14.8. The van der Waals surface area contributed by atoms with Crippen LogP contribution in [0.4, 0.5) is 11.4 Å². The highest BCUT2D eigenvalue weighted by Gasteiger charge is 2.49. The van der Waals surface area contributed by atoms with Crippen molar-refractivity contribution in [2.24, 2.45) is 0 Å². The summed E-state index contributed by atoms with van der Waals surface area (Å²) in [7, 11) is -23.1. The Labute approximate surface area is 574 Å². The predicted molar refractivity (Wildman–Crippen MR) is 347 cm³/mol. The molecule has 0 N–H and O–H groups in total. The van der Waals surface area contributed by atoms with Crippen molar-refractivity contribution in [3.05, 3.63) is 108 Å². The molecule has 0 radical (unpaired) electrons. The van der Waals surface area contributed by atoms with Gasteiger partial charge in [-0.1, -0.05) is 36.4 Å². The lowest BCUT2D eigenvalue weighted by molar-refractivity contribution is -0.442. The molecule has 0 aromatic heterocycles. The Kier molecular flexibility index (Phi) is 28.7.